The van der Waals surface area contributed by atoms with Crippen LogP contribution in [0.4, 0.5) is 0 Å². The van der Waals surface area contributed by atoms with E-state index in [0.717, 1.165) is 23.5 Å². The van der Waals surface area contributed by atoms with Crippen LogP contribution >= 0.6 is 0 Å². The Morgan fingerprint density at radius 1 is 1.00 bits per heavy atom. The number of methoxy groups -OCH3 is 1. The van der Waals surface area contributed by atoms with Crippen molar-refractivity contribution in [3.8, 4) is 11.5 Å². The lowest BCUT2D eigenvalue weighted by atomic mass is 10.1. The number of hydrogen-bond acceptors (Lipinski definition) is 3. The van der Waals surface area contributed by atoms with Crippen LogP contribution in [0.15, 0.2) is 54.6 Å². The summed E-state index contributed by atoms with van der Waals surface area (Å²) < 4.78 is 11.2. The van der Waals surface area contributed by atoms with Crippen LogP contribution in [0.2, 0.25) is 0 Å². The molecule has 2 N–H and O–H groups in total. The van der Waals surface area contributed by atoms with Gasteiger partial charge in [0.05, 0.1) is 7.11 Å². The molecule has 19 heavy (non-hydrogen) atoms. The third-order valence-electron chi connectivity index (χ3n) is 2.92. The van der Waals surface area contributed by atoms with E-state index in [1.165, 1.54) is 0 Å². The molecule has 1 atom stereocenters. The van der Waals surface area contributed by atoms with Crippen molar-refractivity contribution >= 4 is 0 Å². The Bertz CT molecular complexity index is 499. The Labute approximate surface area is 114 Å². The van der Waals surface area contributed by atoms with E-state index >= 15 is 0 Å². The summed E-state index contributed by atoms with van der Waals surface area (Å²) in [6.45, 7) is 0.587. The van der Waals surface area contributed by atoms with Crippen molar-refractivity contribution < 1.29 is 9.47 Å². The summed E-state index contributed by atoms with van der Waals surface area (Å²) in [5.41, 5.74) is 6.81. The second kappa shape index (κ2) is 6.81. The fraction of sp³-hybridized carbons (Fsp3) is 0.250. The number of hydrogen-bond donors (Lipinski definition) is 1. The molecule has 0 fully saturated rings. The minimum atomic E-state index is -0.0293. The molecule has 1 unspecified atom stereocenters. The number of nitrogens with two attached hydrogens (primary N) is 1. The van der Waals surface area contributed by atoms with Gasteiger partial charge >= 0.3 is 0 Å². The molecule has 3 heteroatoms. The third-order valence-corrected chi connectivity index (χ3v) is 2.92. The third kappa shape index (κ3) is 3.73. The van der Waals surface area contributed by atoms with Crippen molar-refractivity contribution in [1.29, 1.82) is 0 Å². The highest BCUT2D eigenvalue weighted by Gasteiger charge is 2.12. The van der Waals surface area contributed by atoms with E-state index in [-0.39, 0.29) is 6.10 Å². The quantitative estimate of drug-likeness (QED) is 0.864. The summed E-state index contributed by atoms with van der Waals surface area (Å²) in [4.78, 5) is 0. The monoisotopic (exact) mass is 257 g/mol. The lowest BCUT2D eigenvalue weighted by Gasteiger charge is -2.19. The SMILES string of the molecule is COc1cccc(OC(CCN)c2ccccc2)c1. The number of rotatable bonds is 6. The molecule has 100 valence electrons. The van der Waals surface area contributed by atoms with E-state index in [1.54, 1.807) is 7.11 Å². The molecule has 0 aliphatic rings. The molecule has 0 heterocycles. The van der Waals surface area contributed by atoms with Gasteiger partial charge in [0.2, 0.25) is 0 Å². The van der Waals surface area contributed by atoms with Crippen LogP contribution in [-0.4, -0.2) is 13.7 Å². The highest BCUT2D eigenvalue weighted by Crippen LogP contribution is 2.26. The molecule has 0 aliphatic carbocycles. The Kier molecular flexibility index (Phi) is 4.81. The molecule has 0 aliphatic heterocycles. The average molecular weight is 257 g/mol. The molecular formula is C16H19NO2. The fourth-order valence-corrected chi connectivity index (χ4v) is 1.95. The molecule has 0 saturated heterocycles. The predicted octanol–water partition coefficient (Wildman–Crippen LogP) is 3.16. The van der Waals surface area contributed by atoms with Crippen LogP contribution in [0, 0.1) is 0 Å². The highest BCUT2D eigenvalue weighted by molar-refractivity contribution is 5.33. The average Bonchev–Trinajstić information content (AvgIpc) is 2.48. The fourth-order valence-electron chi connectivity index (χ4n) is 1.95. The number of benzene rings is 2. The van der Waals surface area contributed by atoms with Crippen LogP contribution < -0.4 is 15.2 Å². The van der Waals surface area contributed by atoms with Crippen LogP contribution in [0.3, 0.4) is 0 Å². The van der Waals surface area contributed by atoms with Crippen molar-refractivity contribution in [1.82, 2.24) is 0 Å². The minimum absolute atomic E-state index is 0.0293. The van der Waals surface area contributed by atoms with Gasteiger partial charge in [-0.15, -0.1) is 0 Å². The molecule has 0 bridgehead atoms. The van der Waals surface area contributed by atoms with Crippen LogP contribution in [-0.2, 0) is 0 Å². The minimum Gasteiger partial charge on any atom is -0.497 e. The zero-order valence-corrected chi connectivity index (χ0v) is 11.1. The van der Waals surface area contributed by atoms with E-state index in [4.69, 9.17) is 15.2 Å². The molecular weight excluding hydrogens is 238 g/mol. The van der Waals surface area contributed by atoms with E-state index in [9.17, 15) is 0 Å². The summed E-state index contributed by atoms with van der Waals surface area (Å²) in [6, 6.07) is 17.7. The van der Waals surface area contributed by atoms with Crippen molar-refractivity contribution in [2.75, 3.05) is 13.7 Å². The Hall–Kier alpha value is -2.00. The summed E-state index contributed by atoms with van der Waals surface area (Å²) in [5.74, 6) is 1.58. The van der Waals surface area contributed by atoms with Crippen molar-refractivity contribution in [3.05, 3.63) is 60.2 Å². The van der Waals surface area contributed by atoms with E-state index in [1.807, 2.05) is 42.5 Å². The smallest absolute Gasteiger partial charge is 0.125 e. The Morgan fingerprint density at radius 3 is 2.42 bits per heavy atom. The topological polar surface area (TPSA) is 44.5 Å². The first-order chi connectivity index (χ1) is 9.33. The maximum atomic E-state index is 6.02. The zero-order chi connectivity index (χ0) is 13.5. The molecule has 0 amide bonds. The molecule has 2 aromatic carbocycles. The largest absolute Gasteiger partial charge is 0.497 e. The van der Waals surface area contributed by atoms with Gasteiger partial charge < -0.3 is 15.2 Å². The number of ether oxygens (including phenoxy) is 2. The zero-order valence-electron chi connectivity index (χ0n) is 11.1. The lowest BCUT2D eigenvalue weighted by molar-refractivity contribution is 0.197. The van der Waals surface area contributed by atoms with Crippen LogP contribution in [0.25, 0.3) is 0 Å². The van der Waals surface area contributed by atoms with Crippen molar-refractivity contribution in [2.24, 2.45) is 5.73 Å². The molecule has 0 radical (unpaired) electrons. The van der Waals surface area contributed by atoms with Gasteiger partial charge in [-0.2, -0.15) is 0 Å². The van der Waals surface area contributed by atoms with Gasteiger partial charge in [-0.3, -0.25) is 0 Å². The first-order valence-electron chi connectivity index (χ1n) is 6.39. The first kappa shape index (κ1) is 13.4. The molecule has 3 nitrogen and oxygen atoms in total. The van der Waals surface area contributed by atoms with Crippen LogP contribution in [0.1, 0.15) is 18.1 Å². The van der Waals surface area contributed by atoms with Gasteiger partial charge in [0.25, 0.3) is 0 Å². The second-order valence-corrected chi connectivity index (χ2v) is 4.27. The van der Waals surface area contributed by atoms with Gasteiger partial charge in [-0.05, 0) is 24.2 Å². The standard InChI is InChI=1S/C16H19NO2/c1-18-14-8-5-9-15(12-14)19-16(10-11-17)13-6-3-2-4-7-13/h2-9,12,16H,10-11,17H2,1H3. The molecule has 2 rings (SSSR count). The second-order valence-electron chi connectivity index (χ2n) is 4.27. The normalized spacial score (nSPS) is 11.9. The van der Waals surface area contributed by atoms with Gasteiger partial charge in [0.15, 0.2) is 0 Å². The molecule has 0 saturated carbocycles. The first-order valence-corrected chi connectivity index (χ1v) is 6.39. The van der Waals surface area contributed by atoms with Crippen molar-refractivity contribution in [3.63, 3.8) is 0 Å². The van der Waals surface area contributed by atoms with E-state index in [2.05, 4.69) is 12.1 Å². The van der Waals surface area contributed by atoms with Gasteiger partial charge in [-0.1, -0.05) is 36.4 Å². The molecule has 2 aromatic rings. The predicted molar refractivity (Wildman–Crippen MR) is 76.5 cm³/mol. The van der Waals surface area contributed by atoms with E-state index < -0.39 is 0 Å². The lowest BCUT2D eigenvalue weighted by Crippen LogP contribution is -2.13. The summed E-state index contributed by atoms with van der Waals surface area (Å²) in [7, 11) is 1.65. The summed E-state index contributed by atoms with van der Waals surface area (Å²) in [6.07, 6.45) is 0.750. The van der Waals surface area contributed by atoms with Gasteiger partial charge in [-0.25, -0.2) is 0 Å². The Balaban J connectivity index is 2.16. The summed E-state index contributed by atoms with van der Waals surface area (Å²) in [5, 5.41) is 0. The molecule has 0 spiro atoms. The van der Waals surface area contributed by atoms with Crippen LogP contribution in [0.5, 0.6) is 11.5 Å². The maximum absolute atomic E-state index is 6.02. The maximum Gasteiger partial charge on any atom is 0.125 e. The molecule has 0 aromatic heterocycles. The highest BCUT2D eigenvalue weighted by atomic mass is 16.5. The van der Waals surface area contributed by atoms with E-state index in [0.29, 0.717) is 6.54 Å². The summed E-state index contributed by atoms with van der Waals surface area (Å²) >= 11 is 0. The van der Waals surface area contributed by atoms with Gasteiger partial charge in [0.1, 0.15) is 17.6 Å². The van der Waals surface area contributed by atoms with Crippen molar-refractivity contribution in [2.45, 2.75) is 12.5 Å². The van der Waals surface area contributed by atoms with Gasteiger partial charge in [0, 0.05) is 12.5 Å². The Morgan fingerprint density at radius 2 is 1.74 bits per heavy atom.